The minimum Gasteiger partial charge on any atom is -0.325 e. The van der Waals surface area contributed by atoms with Gasteiger partial charge in [-0.15, -0.1) is 0 Å². The van der Waals surface area contributed by atoms with Gasteiger partial charge in [0.25, 0.3) is 10.0 Å². The number of rotatable bonds is 9. The molecule has 0 heterocycles. The van der Waals surface area contributed by atoms with Crippen LogP contribution in [0, 0.1) is 6.92 Å². The van der Waals surface area contributed by atoms with Gasteiger partial charge in [-0.3, -0.25) is 9.10 Å². The summed E-state index contributed by atoms with van der Waals surface area (Å²) in [5, 5.41) is 2.81. The fraction of sp³-hybridized carbons (Fsp3) is 0.240. The van der Waals surface area contributed by atoms with Crippen molar-refractivity contribution in [3.8, 4) is 0 Å². The number of hydrogen-bond donors (Lipinski definition) is 1. The molecular weight excluding hydrogens is 408 g/mol. The second-order valence-electron chi connectivity index (χ2n) is 7.51. The molecule has 3 aromatic carbocycles. The highest BCUT2D eigenvalue weighted by atomic mass is 32.2. The third-order valence-electron chi connectivity index (χ3n) is 5.00. The van der Waals surface area contributed by atoms with E-state index in [2.05, 4.69) is 12.2 Å². The second kappa shape index (κ2) is 10.3. The number of unbranched alkanes of at least 4 members (excludes halogenated alkanes) is 1. The van der Waals surface area contributed by atoms with Gasteiger partial charge in [-0.25, -0.2) is 8.42 Å². The van der Waals surface area contributed by atoms with Gasteiger partial charge in [-0.05, 0) is 61.7 Å². The molecule has 31 heavy (non-hydrogen) atoms. The van der Waals surface area contributed by atoms with E-state index in [-0.39, 0.29) is 11.4 Å². The summed E-state index contributed by atoms with van der Waals surface area (Å²) in [6.45, 7) is 3.72. The van der Waals surface area contributed by atoms with E-state index >= 15 is 0 Å². The van der Waals surface area contributed by atoms with Crippen LogP contribution in [-0.4, -0.2) is 20.9 Å². The Morgan fingerprint density at radius 1 is 0.903 bits per heavy atom. The van der Waals surface area contributed by atoms with Gasteiger partial charge >= 0.3 is 0 Å². The maximum Gasteiger partial charge on any atom is 0.264 e. The first-order valence-electron chi connectivity index (χ1n) is 10.4. The van der Waals surface area contributed by atoms with Gasteiger partial charge in [-0.1, -0.05) is 61.4 Å². The topological polar surface area (TPSA) is 66.5 Å². The van der Waals surface area contributed by atoms with Gasteiger partial charge in [0.2, 0.25) is 5.91 Å². The van der Waals surface area contributed by atoms with E-state index in [0.29, 0.717) is 11.4 Å². The van der Waals surface area contributed by atoms with Crippen molar-refractivity contribution in [3.05, 3.63) is 90.0 Å². The number of nitrogens with zero attached hydrogens (tertiary/aromatic N) is 1. The summed E-state index contributed by atoms with van der Waals surface area (Å²) in [5.74, 6) is -0.402. The van der Waals surface area contributed by atoms with Crippen LogP contribution < -0.4 is 9.62 Å². The molecule has 0 saturated carbocycles. The van der Waals surface area contributed by atoms with Crippen LogP contribution in [-0.2, 0) is 21.2 Å². The minimum absolute atomic E-state index is 0.148. The fourth-order valence-corrected chi connectivity index (χ4v) is 4.63. The first-order valence-corrected chi connectivity index (χ1v) is 11.9. The molecule has 3 aromatic rings. The van der Waals surface area contributed by atoms with Gasteiger partial charge < -0.3 is 5.32 Å². The first-order chi connectivity index (χ1) is 14.9. The lowest BCUT2D eigenvalue weighted by Gasteiger charge is -2.24. The van der Waals surface area contributed by atoms with Gasteiger partial charge in [0.05, 0.1) is 10.6 Å². The van der Waals surface area contributed by atoms with Crippen LogP contribution in [0.15, 0.2) is 83.8 Å². The number of sulfonamides is 1. The third-order valence-corrected chi connectivity index (χ3v) is 6.79. The molecule has 0 aliphatic heterocycles. The van der Waals surface area contributed by atoms with Crippen LogP contribution in [0.3, 0.4) is 0 Å². The lowest BCUT2D eigenvalue weighted by molar-refractivity contribution is -0.114. The molecule has 6 heteroatoms. The van der Waals surface area contributed by atoms with E-state index in [1.807, 2.05) is 31.2 Å². The van der Waals surface area contributed by atoms with Crippen LogP contribution in [0.5, 0.6) is 0 Å². The lowest BCUT2D eigenvalue weighted by Crippen LogP contribution is -2.38. The summed E-state index contributed by atoms with van der Waals surface area (Å²) in [6, 6.07) is 23.0. The van der Waals surface area contributed by atoms with Crippen molar-refractivity contribution in [2.75, 3.05) is 16.2 Å². The number of anilines is 2. The van der Waals surface area contributed by atoms with Crippen molar-refractivity contribution >= 4 is 27.3 Å². The third kappa shape index (κ3) is 5.95. The van der Waals surface area contributed by atoms with E-state index in [1.54, 1.807) is 54.6 Å². The van der Waals surface area contributed by atoms with E-state index < -0.39 is 15.9 Å². The molecule has 0 atom stereocenters. The van der Waals surface area contributed by atoms with E-state index in [1.165, 1.54) is 5.56 Å². The summed E-state index contributed by atoms with van der Waals surface area (Å²) in [4.78, 5) is 12.9. The molecule has 0 saturated heterocycles. The molecule has 162 valence electrons. The van der Waals surface area contributed by atoms with Crippen molar-refractivity contribution in [1.29, 1.82) is 0 Å². The summed E-state index contributed by atoms with van der Waals surface area (Å²) >= 11 is 0. The van der Waals surface area contributed by atoms with E-state index in [9.17, 15) is 13.2 Å². The van der Waals surface area contributed by atoms with Crippen molar-refractivity contribution in [2.24, 2.45) is 0 Å². The van der Waals surface area contributed by atoms with E-state index in [4.69, 9.17) is 0 Å². The summed E-state index contributed by atoms with van der Waals surface area (Å²) in [6.07, 6.45) is 3.25. The number of amides is 1. The Hall–Kier alpha value is -3.12. The first kappa shape index (κ1) is 22.6. The summed E-state index contributed by atoms with van der Waals surface area (Å²) in [7, 11) is -3.90. The van der Waals surface area contributed by atoms with Gasteiger partial charge in [0, 0.05) is 5.69 Å². The number of carbonyl (C=O) groups excluding carboxylic acids is 1. The van der Waals surface area contributed by atoms with Crippen molar-refractivity contribution in [2.45, 2.75) is 38.0 Å². The normalized spacial score (nSPS) is 11.2. The van der Waals surface area contributed by atoms with Crippen LogP contribution in [0.4, 0.5) is 11.4 Å². The molecule has 0 bridgehead atoms. The molecule has 0 aliphatic rings. The summed E-state index contributed by atoms with van der Waals surface area (Å²) < 4.78 is 27.8. The average molecular weight is 437 g/mol. The molecule has 0 aliphatic carbocycles. The lowest BCUT2D eigenvalue weighted by atomic mass is 10.1. The highest BCUT2D eigenvalue weighted by Gasteiger charge is 2.27. The quantitative estimate of drug-likeness (QED) is 0.503. The number of carbonyl (C=O) groups is 1. The standard InChI is InChI=1S/C25H28N2O3S/c1-3-4-8-21-13-15-22(16-14-21)26-25(28)19-27(23-9-6-5-7-10-23)31(29,30)24-17-11-20(2)12-18-24/h5-7,9-18H,3-4,8,19H2,1-2H3,(H,26,28). The summed E-state index contributed by atoms with van der Waals surface area (Å²) in [5.41, 5.74) is 3.26. The molecule has 5 nitrogen and oxygen atoms in total. The Kier molecular flexibility index (Phi) is 7.47. The monoisotopic (exact) mass is 436 g/mol. The van der Waals surface area contributed by atoms with E-state index in [0.717, 1.165) is 29.1 Å². The minimum atomic E-state index is -3.90. The average Bonchev–Trinajstić information content (AvgIpc) is 2.78. The van der Waals surface area contributed by atoms with Crippen LogP contribution >= 0.6 is 0 Å². The smallest absolute Gasteiger partial charge is 0.264 e. The molecule has 0 radical (unpaired) electrons. The fourth-order valence-electron chi connectivity index (χ4n) is 3.21. The Balaban J connectivity index is 1.80. The van der Waals surface area contributed by atoms with Crippen molar-refractivity contribution < 1.29 is 13.2 Å². The largest absolute Gasteiger partial charge is 0.325 e. The van der Waals surface area contributed by atoms with Crippen LogP contribution in [0.2, 0.25) is 0 Å². The van der Waals surface area contributed by atoms with Gasteiger partial charge in [-0.2, -0.15) is 0 Å². The highest BCUT2D eigenvalue weighted by molar-refractivity contribution is 7.92. The Morgan fingerprint density at radius 3 is 2.16 bits per heavy atom. The van der Waals surface area contributed by atoms with Crippen molar-refractivity contribution in [1.82, 2.24) is 0 Å². The number of benzene rings is 3. The zero-order valence-corrected chi connectivity index (χ0v) is 18.7. The Bertz CT molecular complexity index is 1090. The maximum atomic E-state index is 13.3. The second-order valence-corrected chi connectivity index (χ2v) is 9.37. The van der Waals surface area contributed by atoms with Crippen LogP contribution in [0.25, 0.3) is 0 Å². The Labute approximate surface area is 184 Å². The zero-order chi connectivity index (χ0) is 22.3. The Morgan fingerprint density at radius 2 is 1.55 bits per heavy atom. The molecule has 0 fully saturated rings. The van der Waals surface area contributed by atoms with Crippen LogP contribution in [0.1, 0.15) is 30.9 Å². The van der Waals surface area contributed by atoms with Gasteiger partial charge in [0.15, 0.2) is 0 Å². The zero-order valence-electron chi connectivity index (χ0n) is 17.9. The maximum absolute atomic E-state index is 13.3. The molecule has 1 N–H and O–H groups in total. The number of hydrogen-bond acceptors (Lipinski definition) is 3. The number of nitrogens with one attached hydrogen (secondary N) is 1. The predicted molar refractivity (Wildman–Crippen MR) is 126 cm³/mol. The SMILES string of the molecule is CCCCc1ccc(NC(=O)CN(c2ccccc2)S(=O)(=O)c2ccc(C)cc2)cc1. The molecule has 0 unspecified atom stereocenters. The number of aryl methyl sites for hydroxylation is 2. The number of para-hydroxylation sites is 1. The highest BCUT2D eigenvalue weighted by Crippen LogP contribution is 2.24. The molecule has 1 amide bonds. The molecular formula is C25H28N2O3S. The molecule has 0 spiro atoms. The predicted octanol–water partition coefficient (Wildman–Crippen LogP) is 5.17. The van der Waals surface area contributed by atoms with Crippen molar-refractivity contribution in [3.63, 3.8) is 0 Å². The molecule has 3 rings (SSSR count). The molecule has 0 aromatic heterocycles. The van der Waals surface area contributed by atoms with Gasteiger partial charge in [0.1, 0.15) is 6.54 Å².